The van der Waals surface area contributed by atoms with Gasteiger partial charge in [0.25, 0.3) is 0 Å². The molecule has 6 nitrogen and oxygen atoms in total. The number of likely N-dealkylation sites (N-methyl/N-ethyl adjacent to an activating group) is 1. The summed E-state index contributed by atoms with van der Waals surface area (Å²) in [6.45, 7) is 1.71. The van der Waals surface area contributed by atoms with Gasteiger partial charge in [-0.3, -0.25) is 4.79 Å². The summed E-state index contributed by atoms with van der Waals surface area (Å²) in [5, 5.41) is 2.33. The molecule has 0 fully saturated rings. The first kappa shape index (κ1) is 20.6. The number of amides is 1. The summed E-state index contributed by atoms with van der Waals surface area (Å²) in [7, 11) is -4.00. The molecule has 0 unspecified atom stereocenters. The van der Waals surface area contributed by atoms with Crippen molar-refractivity contribution in [1.82, 2.24) is 9.62 Å². The van der Waals surface area contributed by atoms with Gasteiger partial charge in [0, 0.05) is 12.6 Å². The number of rotatable bonds is 8. The first-order chi connectivity index (χ1) is 11.1. The van der Waals surface area contributed by atoms with E-state index in [1.54, 1.807) is 20.8 Å². The number of carbonyl (C=O) groups excluding carboxylic acids is 1. The molecule has 0 aliphatic rings. The van der Waals surface area contributed by atoms with E-state index in [1.807, 2.05) is 0 Å². The third-order valence-corrected chi connectivity index (χ3v) is 5.09. The van der Waals surface area contributed by atoms with Gasteiger partial charge in [0.1, 0.15) is 5.75 Å². The number of nitrogens with zero attached hydrogens (tertiary/aromatic N) is 1. The van der Waals surface area contributed by atoms with E-state index in [-0.39, 0.29) is 34.8 Å². The fourth-order valence-corrected chi connectivity index (χ4v) is 3.60. The molecule has 0 saturated carbocycles. The number of hydrogen-bond donors (Lipinski definition) is 1. The maximum Gasteiger partial charge on any atom is 0.387 e. The van der Waals surface area contributed by atoms with Crippen molar-refractivity contribution in [2.75, 3.05) is 13.1 Å². The summed E-state index contributed by atoms with van der Waals surface area (Å²) < 4.78 is 54.7. The van der Waals surface area contributed by atoms with E-state index < -0.39 is 22.5 Å². The van der Waals surface area contributed by atoms with E-state index >= 15 is 0 Å². The lowest BCUT2D eigenvalue weighted by atomic mass is 10.3. The zero-order valence-corrected chi connectivity index (χ0v) is 15.0. The van der Waals surface area contributed by atoms with Gasteiger partial charge in [-0.2, -0.15) is 13.1 Å². The quantitative estimate of drug-likeness (QED) is 0.747. The van der Waals surface area contributed by atoms with Crippen LogP contribution in [0.3, 0.4) is 0 Å². The molecule has 1 N–H and O–H groups in total. The molecule has 0 atom stereocenters. The third kappa shape index (κ3) is 5.57. The van der Waals surface area contributed by atoms with Crippen LogP contribution in [0.2, 0.25) is 5.02 Å². The molecular formula is C14H19ClF2N2O4S. The first-order valence-electron chi connectivity index (χ1n) is 7.11. The Labute approximate surface area is 144 Å². The Kier molecular flexibility index (Phi) is 7.37. The van der Waals surface area contributed by atoms with Gasteiger partial charge in [-0.15, -0.1) is 0 Å². The Morgan fingerprint density at radius 1 is 1.38 bits per heavy atom. The van der Waals surface area contributed by atoms with Crippen molar-refractivity contribution in [2.24, 2.45) is 0 Å². The number of sulfonamides is 1. The lowest BCUT2D eigenvalue weighted by Crippen LogP contribution is -2.42. The van der Waals surface area contributed by atoms with E-state index in [1.165, 1.54) is 0 Å². The SMILES string of the molecule is CCN(CC(=O)NC(C)C)S(=O)(=O)c1ccc(OC(F)F)c(Cl)c1. The second-order valence-corrected chi connectivity index (χ2v) is 7.47. The van der Waals surface area contributed by atoms with Gasteiger partial charge in [-0.05, 0) is 32.0 Å². The van der Waals surface area contributed by atoms with Crippen molar-refractivity contribution in [3.8, 4) is 5.75 Å². The summed E-state index contributed by atoms with van der Waals surface area (Å²) in [6, 6.07) is 3.03. The molecule has 0 saturated heterocycles. The van der Waals surface area contributed by atoms with E-state index in [2.05, 4.69) is 10.1 Å². The van der Waals surface area contributed by atoms with Crippen LogP contribution in [0.1, 0.15) is 20.8 Å². The Balaban J connectivity index is 3.04. The predicted octanol–water partition coefficient (Wildman–Crippen LogP) is 2.48. The fourth-order valence-electron chi connectivity index (χ4n) is 1.88. The monoisotopic (exact) mass is 384 g/mol. The largest absolute Gasteiger partial charge is 0.433 e. The Hall–Kier alpha value is -1.45. The van der Waals surface area contributed by atoms with Gasteiger partial charge in [-0.25, -0.2) is 8.42 Å². The first-order valence-corrected chi connectivity index (χ1v) is 8.93. The van der Waals surface area contributed by atoms with Crippen molar-refractivity contribution in [1.29, 1.82) is 0 Å². The lowest BCUT2D eigenvalue weighted by molar-refractivity contribution is -0.121. The molecule has 0 heterocycles. The maximum atomic E-state index is 12.6. The summed E-state index contributed by atoms with van der Waals surface area (Å²) in [4.78, 5) is 11.6. The van der Waals surface area contributed by atoms with Crippen LogP contribution in [-0.4, -0.2) is 44.4 Å². The van der Waals surface area contributed by atoms with Crippen LogP contribution in [0.4, 0.5) is 8.78 Å². The van der Waals surface area contributed by atoms with Gasteiger partial charge in [-0.1, -0.05) is 18.5 Å². The molecular weight excluding hydrogens is 366 g/mol. The second kappa shape index (κ2) is 8.59. The van der Waals surface area contributed by atoms with Gasteiger partial charge in [0.05, 0.1) is 16.5 Å². The van der Waals surface area contributed by atoms with Crippen molar-refractivity contribution >= 4 is 27.5 Å². The smallest absolute Gasteiger partial charge is 0.387 e. The van der Waals surface area contributed by atoms with Gasteiger partial charge >= 0.3 is 6.61 Å². The molecule has 0 aliphatic carbocycles. The van der Waals surface area contributed by atoms with Crippen LogP contribution in [0.15, 0.2) is 23.1 Å². The number of ether oxygens (including phenoxy) is 1. The molecule has 0 radical (unpaired) electrons. The van der Waals surface area contributed by atoms with Crippen molar-refractivity contribution < 1.29 is 26.7 Å². The summed E-state index contributed by atoms with van der Waals surface area (Å²) >= 11 is 5.78. The highest BCUT2D eigenvalue weighted by molar-refractivity contribution is 7.89. The molecule has 1 rings (SSSR count). The standard InChI is InChI=1S/C14H19ClF2N2O4S/c1-4-19(8-13(20)18-9(2)3)24(21,22)10-5-6-12(11(15)7-10)23-14(16)17/h5-7,9,14H,4,8H2,1-3H3,(H,18,20). The molecule has 0 bridgehead atoms. The van der Waals surface area contributed by atoms with E-state index in [4.69, 9.17) is 11.6 Å². The zero-order valence-electron chi connectivity index (χ0n) is 13.4. The van der Waals surface area contributed by atoms with Crippen LogP contribution in [0.5, 0.6) is 5.75 Å². The Morgan fingerprint density at radius 2 is 2.00 bits per heavy atom. The molecule has 136 valence electrons. The topological polar surface area (TPSA) is 75.7 Å². The van der Waals surface area contributed by atoms with Crippen LogP contribution in [0.25, 0.3) is 0 Å². The number of halogens is 3. The third-order valence-electron chi connectivity index (χ3n) is 2.88. The predicted molar refractivity (Wildman–Crippen MR) is 85.8 cm³/mol. The molecule has 0 aliphatic heterocycles. The van der Waals surface area contributed by atoms with Crippen LogP contribution in [-0.2, 0) is 14.8 Å². The van der Waals surface area contributed by atoms with Gasteiger partial charge in [0.15, 0.2) is 0 Å². The molecule has 10 heteroatoms. The highest BCUT2D eigenvalue weighted by Crippen LogP contribution is 2.29. The van der Waals surface area contributed by atoms with Crippen molar-refractivity contribution in [2.45, 2.75) is 38.3 Å². The number of nitrogens with one attached hydrogen (secondary N) is 1. The molecule has 1 aromatic carbocycles. The average Bonchev–Trinajstić information content (AvgIpc) is 2.45. The minimum atomic E-state index is -4.00. The summed E-state index contributed by atoms with van der Waals surface area (Å²) in [5.41, 5.74) is 0. The minimum Gasteiger partial charge on any atom is -0.433 e. The normalized spacial score (nSPS) is 12.0. The van der Waals surface area contributed by atoms with E-state index in [9.17, 15) is 22.0 Å². The van der Waals surface area contributed by atoms with Crippen LogP contribution in [0, 0.1) is 0 Å². The van der Waals surface area contributed by atoms with Crippen molar-refractivity contribution in [3.63, 3.8) is 0 Å². The maximum absolute atomic E-state index is 12.6. The summed E-state index contributed by atoms with van der Waals surface area (Å²) in [5.74, 6) is -0.773. The van der Waals surface area contributed by atoms with E-state index in [0.29, 0.717) is 0 Å². The molecule has 0 spiro atoms. The van der Waals surface area contributed by atoms with Crippen LogP contribution < -0.4 is 10.1 Å². The Morgan fingerprint density at radius 3 is 2.46 bits per heavy atom. The lowest BCUT2D eigenvalue weighted by Gasteiger charge is -2.21. The Bertz CT molecular complexity index is 683. The van der Waals surface area contributed by atoms with Gasteiger partial charge in [0.2, 0.25) is 15.9 Å². The average molecular weight is 385 g/mol. The minimum absolute atomic E-state index is 0.0563. The van der Waals surface area contributed by atoms with Crippen molar-refractivity contribution in [3.05, 3.63) is 23.2 Å². The fraction of sp³-hybridized carbons (Fsp3) is 0.500. The zero-order chi connectivity index (χ0) is 18.5. The second-order valence-electron chi connectivity index (χ2n) is 5.12. The van der Waals surface area contributed by atoms with Gasteiger partial charge < -0.3 is 10.1 Å². The molecule has 24 heavy (non-hydrogen) atoms. The molecule has 1 aromatic rings. The molecule has 1 amide bonds. The highest BCUT2D eigenvalue weighted by Gasteiger charge is 2.26. The summed E-state index contributed by atoms with van der Waals surface area (Å²) in [6.07, 6.45) is 0. The van der Waals surface area contributed by atoms with E-state index in [0.717, 1.165) is 22.5 Å². The van der Waals surface area contributed by atoms with Crippen LogP contribution >= 0.6 is 11.6 Å². The highest BCUT2D eigenvalue weighted by atomic mass is 35.5. The number of benzene rings is 1. The number of carbonyl (C=O) groups is 1. The molecule has 0 aromatic heterocycles. The number of hydrogen-bond acceptors (Lipinski definition) is 4. The number of alkyl halides is 2.